The van der Waals surface area contributed by atoms with Gasteiger partial charge in [-0.05, 0) is 36.8 Å². The molecule has 36 heavy (non-hydrogen) atoms. The Labute approximate surface area is 226 Å². The van der Waals surface area contributed by atoms with Gasteiger partial charge in [-0.2, -0.15) is 5.26 Å². The normalized spacial score (nSPS) is 17.2. The number of hydrogen-bond donors (Lipinski definition) is 2. The first kappa shape index (κ1) is 27.7. The molecule has 188 valence electrons. The molecule has 0 spiro atoms. The summed E-state index contributed by atoms with van der Waals surface area (Å²) in [5.41, 5.74) is 0.854. The minimum Gasteiger partial charge on any atom is -0.492 e. The van der Waals surface area contributed by atoms with E-state index < -0.39 is 29.6 Å². The van der Waals surface area contributed by atoms with Gasteiger partial charge in [-0.3, -0.25) is 14.4 Å². The fourth-order valence-electron chi connectivity index (χ4n) is 3.59. The van der Waals surface area contributed by atoms with Crippen LogP contribution in [0.1, 0.15) is 18.4 Å². The summed E-state index contributed by atoms with van der Waals surface area (Å²) in [6, 6.07) is 11.7. The molecule has 0 bridgehead atoms. The maximum atomic E-state index is 13.0. The first-order chi connectivity index (χ1) is 17.2. The number of thioether (sulfide) groups is 1. The predicted octanol–water partition coefficient (Wildman–Crippen LogP) is 5.16. The highest BCUT2D eigenvalue weighted by Gasteiger charge is 2.44. The van der Waals surface area contributed by atoms with Crippen LogP contribution in [0.5, 0.6) is 5.75 Å². The number of allylic oxidation sites excluding steroid dienone is 1. The Bertz CT molecular complexity index is 1280. The molecule has 2 amide bonds. The summed E-state index contributed by atoms with van der Waals surface area (Å²) in [5, 5.41) is 16.1. The Kier molecular flexibility index (Phi) is 9.51. The summed E-state index contributed by atoms with van der Waals surface area (Å²) in [6.07, 6.45) is 0. The minimum absolute atomic E-state index is 0.0869. The first-order valence-corrected chi connectivity index (χ1v) is 12.7. The number of halogens is 3. The van der Waals surface area contributed by atoms with E-state index in [1.807, 2.05) is 0 Å². The fourth-order valence-corrected chi connectivity index (χ4v) is 5.03. The zero-order chi connectivity index (χ0) is 26.4. The highest BCUT2D eigenvalue weighted by Crippen LogP contribution is 2.42. The largest absolute Gasteiger partial charge is 0.492 e. The predicted molar refractivity (Wildman–Crippen MR) is 139 cm³/mol. The van der Waals surface area contributed by atoms with Crippen molar-refractivity contribution in [1.29, 1.82) is 5.26 Å². The highest BCUT2D eigenvalue weighted by atomic mass is 35.5. The number of carbonyl (C=O) groups excluding carboxylic acids is 3. The molecule has 0 fully saturated rings. The van der Waals surface area contributed by atoms with E-state index in [-0.39, 0.29) is 31.4 Å². The zero-order valence-electron chi connectivity index (χ0n) is 19.1. The summed E-state index contributed by atoms with van der Waals surface area (Å²) in [5.74, 6) is -3.99. The Morgan fingerprint density at radius 3 is 2.58 bits per heavy atom. The van der Waals surface area contributed by atoms with Crippen molar-refractivity contribution in [3.63, 3.8) is 0 Å². The average molecular weight is 569 g/mol. The van der Waals surface area contributed by atoms with Gasteiger partial charge in [-0.25, -0.2) is 0 Å². The third-order valence-corrected chi connectivity index (χ3v) is 7.30. The average Bonchev–Trinajstić information content (AvgIpc) is 2.86. The van der Waals surface area contributed by atoms with Crippen molar-refractivity contribution in [2.45, 2.75) is 12.8 Å². The smallest absolute Gasteiger partial charge is 0.319 e. The van der Waals surface area contributed by atoms with Gasteiger partial charge < -0.3 is 20.1 Å². The number of anilines is 1. The van der Waals surface area contributed by atoms with Crippen molar-refractivity contribution >= 4 is 70.0 Å². The van der Waals surface area contributed by atoms with Crippen molar-refractivity contribution < 1.29 is 23.9 Å². The van der Waals surface area contributed by atoms with Crippen molar-refractivity contribution in [3.05, 3.63) is 67.6 Å². The van der Waals surface area contributed by atoms with Crippen LogP contribution in [0, 0.1) is 17.2 Å². The summed E-state index contributed by atoms with van der Waals surface area (Å²) in [7, 11) is 1.16. The maximum absolute atomic E-state index is 13.0. The van der Waals surface area contributed by atoms with Gasteiger partial charge in [0.1, 0.15) is 11.7 Å². The second-order valence-corrected chi connectivity index (χ2v) is 9.56. The lowest BCUT2D eigenvalue weighted by atomic mass is 9.78. The van der Waals surface area contributed by atoms with E-state index in [0.717, 1.165) is 18.9 Å². The summed E-state index contributed by atoms with van der Waals surface area (Å²) in [4.78, 5) is 38.1. The van der Waals surface area contributed by atoms with E-state index in [1.165, 1.54) is 0 Å². The van der Waals surface area contributed by atoms with Gasteiger partial charge in [0.15, 0.2) is 0 Å². The lowest BCUT2D eigenvalue weighted by molar-refractivity contribution is -0.150. The number of hydrogen-bond acceptors (Lipinski definition) is 7. The number of methoxy groups -OCH3 is 1. The van der Waals surface area contributed by atoms with E-state index in [1.54, 1.807) is 43.3 Å². The number of nitriles is 1. The summed E-state index contributed by atoms with van der Waals surface area (Å²) in [6.45, 7) is 2.20. The summed E-state index contributed by atoms with van der Waals surface area (Å²) >= 11 is 19.4. The number of ether oxygens (including phenoxy) is 2. The van der Waals surface area contributed by atoms with Crippen LogP contribution in [0.2, 0.25) is 15.1 Å². The standard InChI is InChI=1S/C24H20Cl3N3O5S/c1-3-35-17-8-7-12(9-15(17)26)19-13(10-28)23(30-22(32)20(19)24(33)34-2)36-11-18(31)29-16-6-4-5-14(25)21(16)27/h4-9,19-20H,3,11H2,1-2H3,(H,29,31)(H,30,32)/t19-,20-/m1/s1. The quantitative estimate of drug-likeness (QED) is 0.334. The van der Waals surface area contributed by atoms with Crippen molar-refractivity contribution in [3.8, 4) is 11.8 Å². The minimum atomic E-state index is -1.33. The highest BCUT2D eigenvalue weighted by molar-refractivity contribution is 8.03. The van der Waals surface area contributed by atoms with E-state index in [0.29, 0.717) is 23.6 Å². The first-order valence-electron chi connectivity index (χ1n) is 10.5. The molecule has 0 aromatic heterocycles. The molecule has 12 heteroatoms. The molecule has 8 nitrogen and oxygen atoms in total. The monoisotopic (exact) mass is 567 g/mol. The van der Waals surface area contributed by atoms with Gasteiger partial charge in [0, 0.05) is 5.92 Å². The molecule has 1 heterocycles. The van der Waals surface area contributed by atoms with E-state index in [4.69, 9.17) is 44.3 Å². The van der Waals surface area contributed by atoms with E-state index in [9.17, 15) is 19.6 Å². The lowest BCUT2D eigenvalue weighted by Gasteiger charge is -2.31. The molecule has 0 saturated heterocycles. The van der Waals surface area contributed by atoms with Crippen LogP contribution < -0.4 is 15.4 Å². The number of nitrogens with zero attached hydrogens (tertiary/aromatic N) is 1. The van der Waals surface area contributed by atoms with Crippen LogP contribution in [0.4, 0.5) is 5.69 Å². The van der Waals surface area contributed by atoms with Gasteiger partial charge in [0.05, 0.1) is 56.9 Å². The second kappa shape index (κ2) is 12.4. The van der Waals surface area contributed by atoms with Crippen LogP contribution >= 0.6 is 46.6 Å². The Balaban J connectivity index is 1.93. The fraction of sp³-hybridized carbons (Fsp3) is 0.250. The second-order valence-electron chi connectivity index (χ2n) is 7.38. The molecule has 0 saturated carbocycles. The van der Waals surface area contributed by atoms with Gasteiger partial charge in [-0.15, -0.1) is 0 Å². The van der Waals surface area contributed by atoms with Gasteiger partial charge in [0.25, 0.3) is 0 Å². The molecule has 0 unspecified atom stereocenters. The molecule has 2 aromatic carbocycles. The summed E-state index contributed by atoms with van der Waals surface area (Å²) < 4.78 is 10.3. The number of esters is 1. The Morgan fingerprint density at radius 2 is 1.94 bits per heavy atom. The van der Waals surface area contributed by atoms with Gasteiger partial charge >= 0.3 is 5.97 Å². The number of amides is 2. The lowest BCUT2D eigenvalue weighted by Crippen LogP contribution is -2.44. The molecule has 0 radical (unpaired) electrons. The SMILES string of the molecule is CCOc1ccc([C@@H]2C(C#N)=C(SCC(=O)Nc3cccc(Cl)c3Cl)NC(=O)[C@@H]2C(=O)OC)cc1Cl. The molecule has 2 N–H and O–H groups in total. The molecule has 1 aliphatic heterocycles. The van der Waals surface area contributed by atoms with Crippen molar-refractivity contribution in [2.75, 3.05) is 24.8 Å². The zero-order valence-corrected chi connectivity index (χ0v) is 22.1. The Morgan fingerprint density at radius 1 is 1.19 bits per heavy atom. The number of carbonyl (C=O) groups is 3. The maximum Gasteiger partial charge on any atom is 0.319 e. The van der Waals surface area contributed by atoms with Crippen LogP contribution in [-0.4, -0.2) is 37.3 Å². The van der Waals surface area contributed by atoms with Crippen LogP contribution in [0.25, 0.3) is 0 Å². The van der Waals surface area contributed by atoms with E-state index in [2.05, 4.69) is 16.7 Å². The van der Waals surface area contributed by atoms with Crippen LogP contribution in [0.3, 0.4) is 0 Å². The third-order valence-electron chi connectivity index (χ3n) is 5.17. The number of rotatable bonds is 8. The topological polar surface area (TPSA) is 118 Å². The van der Waals surface area contributed by atoms with Crippen molar-refractivity contribution in [1.82, 2.24) is 5.32 Å². The van der Waals surface area contributed by atoms with Crippen LogP contribution in [0.15, 0.2) is 47.0 Å². The molecule has 0 aliphatic carbocycles. The Hall–Kier alpha value is -2.90. The molecule has 1 aliphatic rings. The third kappa shape index (κ3) is 6.08. The van der Waals surface area contributed by atoms with Gasteiger partial charge in [0.2, 0.25) is 11.8 Å². The molecular formula is C24H20Cl3N3O5S. The van der Waals surface area contributed by atoms with E-state index >= 15 is 0 Å². The van der Waals surface area contributed by atoms with Gasteiger partial charge in [-0.1, -0.05) is 58.7 Å². The molecule has 2 aromatic rings. The molecule has 3 rings (SSSR count). The number of nitrogens with one attached hydrogen (secondary N) is 2. The molecule has 2 atom stereocenters. The van der Waals surface area contributed by atoms with Crippen LogP contribution in [-0.2, 0) is 19.1 Å². The van der Waals surface area contributed by atoms with Crippen molar-refractivity contribution in [2.24, 2.45) is 5.92 Å². The number of benzene rings is 2. The molecular weight excluding hydrogens is 549 g/mol.